The number of anilines is 1. The fourth-order valence-corrected chi connectivity index (χ4v) is 4.88. The highest BCUT2D eigenvalue weighted by Crippen LogP contribution is 2.34. The van der Waals surface area contributed by atoms with Crippen LogP contribution in [0, 0.1) is 12.7 Å². The highest BCUT2D eigenvalue weighted by molar-refractivity contribution is 7.80. The van der Waals surface area contributed by atoms with Crippen LogP contribution in [0.15, 0.2) is 24.3 Å². The Labute approximate surface area is 189 Å². The Hall–Kier alpha value is -2.56. The summed E-state index contributed by atoms with van der Waals surface area (Å²) in [4.78, 5) is 28.9. The zero-order valence-corrected chi connectivity index (χ0v) is 19.2. The fourth-order valence-electron chi connectivity index (χ4n) is 3.42. The summed E-state index contributed by atoms with van der Waals surface area (Å²) in [6.07, 6.45) is 0. The molecular weight excluding hydrogens is 441 g/mol. The lowest BCUT2D eigenvalue weighted by molar-refractivity contribution is 0.0601. The van der Waals surface area contributed by atoms with E-state index in [1.807, 2.05) is 11.0 Å². The van der Waals surface area contributed by atoms with Crippen molar-refractivity contribution in [3.63, 3.8) is 0 Å². The summed E-state index contributed by atoms with van der Waals surface area (Å²) in [5.41, 5.74) is 1.70. The Balaban J connectivity index is 1.65. The molecule has 1 N–H and O–H groups in total. The number of methoxy groups -OCH3 is 2. The van der Waals surface area contributed by atoms with Crippen molar-refractivity contribution in [3.05, 3.63) is 51.7 Å². The van der Waals surface area contributed by atoms with Gasteiger partial charge in [0.15, 0.2) is 5.11 Å². The predicted molar refractivity (Wildman–Crippen MR) is 121 cm³/mol. The standard InChI is InChI=1S/C21H24FN3O4S2/c1-13-16(19(26)28-2)18(31-17(13)20(27)29-3)23-21(30)25-9-7-24(8-10-25)12-14-5-4-6-15(22)11-14/h4-6,11H,7-10,12H2,1-3H3,(H,23,30). The average molecular weight is 466 g/mol. The number of nitrogens with zero attached hydrogens (tertiary/aromatic N) is 2. The number of thiocarbonyl (C=S) groups is 1. The molecule has 3 rings (SSSR count). The zero-order chi connectivity index (χ0) is 22.5. The van der Waals surface area contributed by atoms with Gasteiger partial charge < -0.3 is 19.7 Å². The van der Waals surface area contributed by atoms with Crippen LogP contribution in [0.5, 0.6) is 0 Å². The number of nitrogens with one attached hydrogen (secondary N) is 1. The van der Waals surface area contributed by atoms with Gasteiger partial charge in [0.1, 0.15) is 15.7 Å². The van der Waals surface area contributed by atoms with Crippen LogP contribution in [-0.2, 0) is 16.0 Å². The van der Waals surface area contributed by atoms with Crippen molar-refractivity contribution in [2.45, 2.75) is 13.5 Å². The highest BCUT2D eigenvalue weighted by atomic mass is 32.1. The van der Waals surface area contributed by atoms with Crippen molar-refractivity contribution < 1.29 is 23.5 Å². The van der Waals surface area contributed by atoms with Crippen molar-refractivity contribution in [1.82, 2.24) is 9.80 Å². The molecule has 0 amide bonds. The normalized spacial score (nSPS) is 14.3. The van der Waals surface area contributed by atoms with E-state index >= 15 is 0 Å². The maximum Gasteiger partial charge on any atom is 0.348 e. The molecule has 31 heavy (non-hydrogen) atoms. The molecule has 1 saturated heterocycles. The smallest absolute Gasteiger partial charge is 0.348 e. The molecule has 1 aliphatic heterocycles. The molecule has 0 atom stereocenters. The molecule has 1 fully saturated rings. The molecule has 0 spiro atoms. The van der Waals surface area contributed by atoms with E-state index in [1.54, 1.807) is 19.1 Å². The van der Waals surface area contributed by atoms with Gasteiger partial charge in [0.25, 0.3) is 0 Å². The minimum Gasteiger partial charge on any atom is -0.465 e. The van der Waals surface area contributed by atoms with Gasteiger partial charge in [-0.1, -0.05) is 12.1 Å². The lowest BCUT2D eigenvalue weighted by Crippen LogP contribution is -2.49. The molecule has 7 nitrogen and oxygen atoms in total. The molecule has 2 aromatic rings. The van der Waals surface area contributed by atoms with E-state index in [4.69, 9.17) is 21.7 Å². The Morgan fingerprint density at radius 3 is 2.45 bits per heavy atom. The van der Waals surface area contributed by atoms with Crippen LogP contribution in [0.3, 0.4) is 0 Å². The van der Waals surface area contributed by atoms with Gasteiger partial charge in [0.2, 0.25) is 0 Å². The van der Waals surface area contributed by atoms with Crippen molar-refractivity contribution in [3.8, 4) is 0 Å². The summed E-state index contributed by atoms with van der Waals surface area (Å²) in [6.45, 7) is 5.24. The summed E-state index contributed by atoms with van der Waals surface area (Å²) in [7, 11) is 2.58. The van der Waals surface area contributed by atoms with E-state index in [0.717, 1.165) is 30.0 Å². The van der Waals surface area contributed by atoms with Gasteiger partial charge in [-0.3, -0.25) is 4.90 Å². The lowest BCUT2D eigenvalue weighted by Gasteiger charge is -2.36. The second-order valence-corrected chi connectivity index (χ2v) is 8.47. The Bertz CT molecular complexity index is 987. The average Bonchev–Trinajstić information content (AvgIpc) is 3.08. The first kappa shape index (κ1) is 23.1. The monoisotopic (exact) mass is 465 g/mol. The van der Waals surface area contributed by atoms with Crippen molar-refractivity contribution in [1.29, 1.82) is 0 Å². The fraction of sp³-hybridized carbons (Fsp3) is 0.381. The van der Waals surface area contributed by atoms with Crippen molar-refractivity contribution in [2.75, 3.05) is 45.7 Å². The Morgan fingerprint density at radius 1 is 1.16 bits per heavy atom. The van der Waals surface area contributed by atoms with Crippen molar-refractivity contribution >= 4 is 45.6 Å². The molecule has 1 aliphatic rings. The van der Waals surface area contributed by atoms with Gasteiger partial charge >= 0.3 is 11.9 Å². The number of halogens is 1. The van der Waals surface area contributed by atoms with Gasteiger partial charge in [0.05, 0.1) is 19.8 Å². The molecule has 1 aromatic heterocycles. The number of hydrogen-bond acceptors (Lipinski definition) is 7. The number of hydrogen-bond donors (Lipinski definition) is 1. The number of esters is 2. The minimum absolute atomic E-state index is 0.236. The molecule has 2 heterocycles. The van der Waals surface area contributed by atoms with E-state index in [-0.39, 0.29) is 11.4 Å². The molecular formula is C21H24FN3O4S2. The van der Waals surface area contributed by atoms with E-state index < -0.39 is 11.9 Å². The maximum absolute atomic E-state index is 13.4. The first-order valence-corrected chi connectivity index (χ1v) is 10.9. The maximum atomic E-state index is 13.4. The minimum atomic E-state index is -0.547. The van der Waals surface area contributed by atoms with Crippen LogP contribution >= 0.6 is 23.6 Å². The van der Waals surface area contributed by atoms with E-state index in [9.17, 15) is 14.0 Å². The van der Waals surface area contributed by atoms with Crippen LogP contribution in [0.1, 0.15) is 31.2 Å². The third-order valence-electron chi connectivity index (χ3n) is 5.08. The first-order chi connectivity index (χ1) is 14.8. The van der Waals surface area contributed by atoms with Gasteiger partial charge in [-0.15, -0.1) is 11.3 Å². The number of piperazine rings is 1. The SMILES string of the molecule is COC(=O)c1sc(NC(=S)N2CCN(Cc3cccc(F)c3)CC2)c(C(=O)OC)c1C. The summed E-state index contributed by atoms with van der Waals surface area (Å²) < 4.78 is 23.1. The second-order valence-electron chi connectivity index (χ2n) is 7.07. The topological polar surface area (TPSA) is 71.1 Å². The largest absolute Gasteiger partial charge is 0.465 e. The third-order valence-corrected chi connectivity index (χ3v) is 6.63. The van der Waals surface area contributed by atoms with Gasteiger partial charge in [-0.05, 0) is 42.4 Å². The van der Waals surface area contributed by atoms with E-state index in [1.165, 1.54) is 20.3 Å². The third kappa shape index (κ3) is 5.38. The number of rotatable bonds is 5. The molecule has 0 radical (unpaired) electrons. The number of thiophene rings is 1. The van der Waals surface area contributed by atoms with Crippen LogP contribution in [0.25, 0.3) is 0 Å². The molecule has 0 aliphatic carbocycles. The van der Waals surface area contributed by atoms with Crippen LogP contribution in [0.4, 0.5) is 9.39 Å². The van der Waals surface area contributed by atoms with Crippen LogP contribution < -0.4 is 5.32 Å². The molecule has 0 saturated carbocycles. The number of benzene rings is 1. The van der Waals surface area contributed by atoms with Crippen LogP contribution in [-0.4, -0.2) is 67.2 Å². The summed E-state index contributed by atoms with van der Waals surface area (Å²) in [6, 6.07) is 6.61. The lowest BCUT2D eigenvalue weighted by atomic mass is 10.1. The first-order valence-electron chi connectivity index (χ1n) is 9.66. The predicted octanol–water partition coefficient (Wildman–Crippen LogP) is 3.28. The molecule has 0 unspecified atom stereocenters. The Kier molecular flexibility index (Phi) is 7.58. The van der Waals surface area contributed by atoms with Gasteiger partial charge in [-0.25, -0.2) is 14.0 Å². The molecule has 1 aromatic carbocycles. The highest BCUT2D eigenvalue weighted by Gasteiger charge is 2.27. The summed E-state index contributed by atoms with van der Waals surface area (Å²) >= 11 is 6.67. The molecule has 166 valence electrons. The number of ether oxygens (including phenoxy) is 2. The van der Waals surface area contributed by atoms with E-state index in [0.29, 0.717) is 40.2 Å². The van der Waals surface area contributed by atoms with Gasteiger partial charge in [-0.2, -0.15) is 0 Å². The van der Waals surface area contributed by atoms with E-state index in [2.05, 4.69) is 10.2 Å². The summed E-state index contributed by atoms with van der Waals surface area (Å²) in [5.74, 6) is -1.30. The summed E-state index contributed by atoms with van der Waals surface area (Å²) in [5, 5.41) is 4.03. The van der Waals surface area contributed by atoms with Crippen LogP contribution in [0.2, 0.25) is 0 Å². The number of carbonyl (C=O) groups is 2. The molecule has 10 heteroatoms. The second kappa shape index (κ2) is 10.2. The van der Waals surface area contributed by atoms with Crippen molar-refractivity contribution in [2.24, 2.45) is 0 Å². The zero-order valence-electron chi connectivity index (χ0n) is 17.6. The van der Waals surface area contributed by atoms with Gasteiger partial charge in [0, 0.05) is 32.7 Å². The Morgan fingerprint density at radius 2 is 1.84 bits per heavy atom. The number of carbonyl (C=O) groups excluding carboxylic acids is 2. The molecule has 0 bridgehead atoms. The quantitative estimate of drug-likeness (QED) is 0.533.